The third kappa shape index (κ3) is 3.06. The molecule has 9 heteroatoms. The molecular weight excluding hydrogens is 360 g/mol. The van der Waals surface area contributed by atoms with Gasteiger partial charge in [-0.05, 0) is 6.07 Å². The van der Waals surface area contributed by atoms with Crippen LogP contribution in [-0.2, 0) is 9.53 Å². The highest BCUT2D eigenvalue weighted by atomic mass is 16.5. The number of anilines is 1. The Kier molecular flexibility index (Phi) is 4.70. The lowest BCUT2D eigenvalue weighted by molar-refractivity contribution is -0.135. The SMILES string of the molecule is O=C(CN1CCN(c2ncccn2)CC1)N1C[C@@H]2[C@H](CO)[C@H]3CNC[C@]2(C1)O3. The summed E-state index contributed by atoms with van der Waals surface area (Å²) in [5.74, 6) is 1.28. The molecule has 4 atom stereocenters. The van der Waals surface area contributed by atoms with Crippen LogP contribution in [0, 0.1) is 11.8 Å². The van der Waals surface area contributed by atoms with Gasteiger partial charge in [0.1, 0.15) is 5.60 Å². The Hall–Kier alpha value is -1.81. The summed E-state index contributed by atoms with van der Waals surface area (Å²) in [5, 5.41) is 13.3. The van der Waals surface area contributed by atoms with Crippen LogP contribution >= 0.6 is 0 Å². The highest BCUT2D eigenvalue weighted by Crippen LogP contribution is 2.47. The summed E-state index contributed by atoms with van der Waals surface area (Å²) in [6.45, 7) is 6.76. The summed E-state index contributed by atoms with van der Waals surface area (Å²) >= 11 is 0. The van der Waals surface area contributed by atoms with Crippen molar-refractivity contribution in [3.63, 3.8) is 0 Å². The Labute approximate surface area is 164 Å². The molecule has 1 spiro atoms. The third-order valence-electron chi connectivity index (χ3n) is 6.83. The monoisotopic (exact) mass is 388 g/mol. The molecule has 28 heavy (non-hydrogen) atoms. The number of carbonyl (C=O) groups excluding carboxylic acids is 1. The second-order valence-electron chi connectivity index (χ2n) is 8.39. The number of fused-ring (bicyclic) bond motifs is 1. The summed E-state index contributed by atoms with van der Waals surface area (Å²) in [7, 11) is 0. The van der Waals surface area contributed by atoms with Gasteiger partial charge in [-0.25, -0.2) is 9.97 Å². The number of amides is 1. The standard InChI is InChI=1S/C19H28N6O3/c26-11-14-15-9-25(13-19(15)12-20-8-16(14)28-19)17(27)10-23-4-6-24(7-5-23)18-21-2-1-3-22-18/h1-3,14-16,20,26H,4-13H2/t14-,15+,16+,19+/m0/s1. The third-order valence-corrected chi connectivity index (χ3v) is 6.83. The maximum atomic E-state index is 13.0. The summed E-state index contributed by atoms with van der Waals surface area (Å²) in [5.41, 5.74) is -0.310. The number of piperazine rings is 1. The maximum absolute atomic E-state index is 13.0. The molecule has 9 nitrogen and oxygen atoms in total. The van der Waals surface area contributed by atoms with Crippen LogP contribution in [0.2, 0.25) is 0 Å². The average molecular weight is 388 g/mol. The fourth-order valence-corrected chi connectivity index (χ4v) is 5.34. The van der Waals surface area contributed by atoms with Crippen LogP contribution in [0.3, 0.4) is 0 Å². The van der Waals surface area contributed by atoms with Crippen molar-refractivity contribution >= 4 is 11.9 Å². The fraction of sp³-hybridized carbons (Fsp3) is 0.737. The molecule has 152 valence electrons. The second-order valence-corrected chi connectivity index (χ2v) is 8.39. The van der Waals surface area contributed by atoms with Gasteiger partial charge in [-0.2, -0.15) is 0 Å². The lowest BCUT2D eigenvalue weighted by Crippen LogP contribution is -2.54. The zero-order valence-corrected chi connectivity index (χ0v) is 16.0. The van der Waals surface area contributed by atoms with Crippen molar-refractivity contribution in [3.8, 4) is 0 Å². The van der Waals surface area contributed by atoms with Crippen LogP contribution in [-0.4, -0.2) is 108 Å². The lowest BCUT2D eigenvalue weighted by Gasteiger charge is -2.36. The number of aliphatic hydroxyl groups is 1. The predicted molar refractivity (Wildman–Crippen MR) is 102 cm³/mol. The van der Waals surface area contributed by atoms with Crippen LogP contribution in [0.4, 0.5) is 5.95 Å². The van der Waals surface area contributed by atoms with E-state index < -0.39 is 0 Å². The molecule has 1 aromatic heterocycles. The first-order valence-electron chi connectivity index (χ1n) is 10.2. The maximum Gasteiger partial charge on any atom is 0.236 e. The summed E-state index contributed by atoms with van der Waals surface area (Å²) in [6, 6.07) is 1.82. The molecular formula is C19H28N6O3. The number of nitrogens with zero attached hydrogens (tertiary/aromatic N) is 5. The van der Waals surface area contributed by atoms with E-state index in [1.165, 1.54) is 0 Å². The number of aliphatic hydroxyl groups excluding tert-OH is 1. The first kappa shape index (κ1) is 18.2. The molecule has 2 bridgehead atoms. The molecule has 1 aromatic rings. The molecule has 2 N–H and O–H groups in total. The molecule has 0 aliphatic carbocycles. The first-order chi connectivity index (χ1) is 13.7. The number of hydrogen-bond acceptors (Lipinski definition) is 8. The zero-order chi connectivity index (χ0) is 19.1. The van der Waals surface area contributed by atoms with Gasteiger partial charge in [-0.3, -0.25) is 9.69 Å². The van der Waals surface area contributed by atoms with Gasteiger partial charge < -0.3 is 25.0 Å². The fourth-order valence-electron chi connectivity index (χ4n) is 5.34. The molecule has 5 rings (SSSR count). The predicted octanol–water partition coefficient (Wildman–Crippen LogP) is -1.59. The van der Waals surface area contributed by atoms with E-state index in [9.17, 15) is 9.90 Å². The van der Waals surface area contributed by atoms with Gasteiger partial charge >= 0.3 is 0 Å². The van der Waals surface area contributed by atoms with Gasteiger partial charge in [0.2, 0.25) is 11.9 Å². The number of likely N-dealkylation sites (tertiary alicyclic amines) is 1. The van der Waals surface area contributed by atoms with E-state index in [-0.39, 0.29) is 36.1 Å². The second kappa shape index (κ2) is 7.22. The molecule has 4 saturated heterocycles. The molecule has 0 aromatic carbocycles. The Balaban J connectivity index is 1.17. The number of aromatic nitrogens is 2. The Bertz CT molecular complexity index is 713. The van der Waals surface area contributed by atoms with E-state index in [1.54, 1.807) is 12.4 Å². The average Bonchev–Trinajstić information content (AvgIpc) is 3.17. The normalized spacial score (nSPS) is 35.2. The minimum atomic E-state index is -0.310. The van der Waals surface area contributed by atoms with E-state index in [0.717, 1.165) is 45.2 Å². The van der Waals surface area contributed by atoms with Crippen molar-refractivity contribution in [3.05, 3.63) is 18.5 Å². The molecule has 0 radical (unpaired) electrons. The summed E-state index contributed by atoms with van der Waals surface area (Å²) < 4.78 is 6.30. The van der Waals surface area contributed by atoms with Gasteiger partial charge in [-0.1, -0.05) is 0 Å². The molecule has 0 unspecified atom stereocenters. The molecule has 4 fully saturated rings. The number of hydrogen-bond donors (Lipinski definition) is 2. The van der Waals surface area contributed by atoms with Crippen LogP contribution in [0.25, 0.3) is 0 Å². The van der Waals surface area contributed by atoms with Crippen LogP contribution in [0.5, 0.6) is 0 Å². The summed E-state index contributed by atoms with van der Waals surface area (Å²) in [6.07, 6.45) is 3.59. The number of nitrogens with one attached hydrogen (secondary N) is 1. The van der Waals surface area contributed by atoms with Crippen molar-refractivity contribution < 1.29 is 14.6 Å². The van der Waals surface area contributed by atoms with E-state index >= 15 is 0 Å². The molecule has 4 aliphatic heterocycles. The van der Waals surface area contributed by atoms with Crippen molar-refractivity contribution in [2.75, 3.05) is 70.4 Å². The van der Waals surface area contributed by atoms with Crippen LogP contribution in [0.1, 0.15) is 0 Å². The molecule has 0 saturated carbocycles. The first-order valence-corrected chi connectivity index (χ1v) is 10.2. The number of morpholine rings is 1. The van der Waals surface area contributed by atoms with E-state index in [2.05, 4.69) is 25.1 Å². The van der Waals surface area contributed by atoms with E-state index in [0.29, 0.717) is 19.6 Å². The van der Waals surface area contributed by atoms with Crippen LogP contribution < -0.4 is 10.2 Å². The van der Waals surface area contributed by atoms with Gasteiger partial charge in [0.25, 0.3) is 0 Å². The van der Waals surface area contributed by atoms with Crippen molar-refractivity contribution in [2.45, 2.75) is 11.7 Å². The molecule has 1 amide bonds. The molecule has 4 aliphatic rings. The Morgan fingerprint density at radius 2 is 2.07 bits per heavy atom. The van der Waals surface area contributed by atoms with Gasteiger partial charge in [0.05, 0.1) is 19.2 Å². The Morgan fingerprint density at radius 3 is 2.82 bits per heavy atom. The van der Waals surface area contributed by atoms with Gasteiger partial charge in [0.15, 0.2) is 0 Å². The van der Waals surface area contributed by atoms with E-state index in [1.807, 2.05) is 11.0 Å². The quantitative estimate of drug-likeness (QED) is 0.638. The zero-order valence-electron chi connectivity index (χ0n) is 16.0. The number of ether oxygens (including phenoxy) is 1. The highest BCUT2D eigenvalue weighted by Gasteiger charge is 2.61. The molecule has 5 heterocycles. The largest absolute Gasteiger partial charge is 0.396 e. The van der Waals surface area contributed by atoms with Crippen LogP contribution in [0.15, 0.2) is 18.5 Å². The van der Waals surface area contributed by atoms with Gasteiger partial charge in [-0.15, -0.1) is 0 Å². The van der Waals surface area contributed by atoms with Crippen molar-refractivity contribution in [1.82, 2.24) is 25.1 Å². The van der Waals surface area contributed by atoms with Crippen molar-refractivity contribution in [2.24, 2.45) is 11.8 Å². The smallest absolute Gasteiger partial charge is 0.236 e. The summed E-state index contributed by atoms with van der Waals surface area (Å²) in [4.78, 5) is 27.9. The van der Waals surface area contributed by atoms with Gasteiger partial charge in [0, 0.05) is 76.6 Å². The highest BCUT2D eigenvalue weighted by molar-refractivity contribution is 5.79. The number of carbonyl (C=O) groups is 1. The minimum absolute atomic E-state index is 0.0780. The van der Waals surface area contributed by atoms with Crippen molar-refractivity contribution in [1.29, 1.82) is 0 Å². The lowest BCUT2D eigenvalue weighted by atomic mass is 9.83. The Morgan fingerprint density at radius 1 is 1.29 bits per heavy atom. The number of rotatable bonds is 4. The van der Waals surface area contributed by atoms with E-state index in [4.69, 9.17) is 4.74 Å². The topological polar surface area (TPSA) is 94.1 Å². The minimum Gasteiger partial charge on any atom is -0.396 e.